The number of benzene rings is 3. The van der Waals surface area contributed by atoms with Crippen LogP contribution >= 0.6 is 0 Å². The summed E-state index contributed by atoms with van der Waals surface area (Å²) in [6.07, 6.45) is 12.8. The van der Waals surface area contributed by atoms with Gasteiger partial charge in [-0.25, -0.2) is 9.59 Å². The van der Waals surface area contributed by atoms with Crippen molar-refractivity contribution in [2.75, 3.05) is 40.0 Å². The minimum atomic E-state index is -0.470. The smallest absolute Gasteiger partial charge is 0.343 e. The van der Waals surface area contributed by atoms with Crippen molar-refractivity contribution in [3.63, 3.8) is 0 Å². The second-order valence-electron chi connectivity index (χ2n) is 11.2. The number of ether oxygens (including phenoxy) is 8. The van der Waals surface area contributed by atoms with Gasteiger partial charge < -0.3 is 37.9 Å². The molecule has 50 heavy (non-hydrogen) atoms. The molecule has 0 bridgehead atoms. The molecule has 0 N–H and O–H groups in total. The number of carbonyl (C=O) groups is 2. The molecule has 0 unspecified atom stereocenters. The fourth-order valence-corrected chi connectivity index (χ4v) is 4.59. The molecule has 0 saturated carbocycles. The van der Waals surface area contributed by atoms with E-state index in [-0.39, 0.29) is 13.6 Å². The van der Waals surface area contributed by atoms with Gasteiger partial charge in [0.2, 0.25) is 6.79 Å². The average Bonchev–Trinajstić information content (AvgIpc) is 3.14. The van der Waals surface area contributed by atoms with Gasteiger partial charge in [0.15, 0.2) is 6.79 Å². The Hall–Kier alpha value is -4.96. The van der Waals surface area contributed by atoms with E-state index in [0.717, 1.165) is 63.2 Å². The first-order chi connectivity index (χ1) is 24.6. The van der Waals surface area contributed by atoms with Crippen molar-refractivity contribution < 1.29 is 47.5 Å². The van der Waals surface area contributed by atoms with Gasteiger partial charge in [-0.05, 0) is 111 Å². The van der Waals surface area contributed by atoms with E-state index >= 15 is 0 Å². The zero-order chi connectivity index (χ0) is 35.5. The van der Waals surface area contributed by atoms with Gasteiger partial charge in [0.25, 0.3) is 0 Å². The average molecular weight is 691 g/mol. The Balaban J connectivity index is 1.22. The highest BCUT2D eigenvalue weighted by atomic mass is 16.7. The molecule has 0 amide bonds. The summed E-state index contributed by atoms with van der Waals surface area (Å²) < 4.78 is 43.7. The van der Waals surface area contributed by atoms with E-state index in [9.17, 15) is 9.59 Å². The molecule has 0 fully saturated rings. The molecule has 3 aromatic carbocycles. The van der Waals surface area contributed by atoms with Gasteiger partial charge >= 0.3 is 11.9 Å². The minimum absolute atomic E-state index is 0.0235. The lowest BCUT2D eigenvalue weighted by Crippen LogP contribution is -2.09. The Morgan fingerprint density at radius 2 is 0.940 bits per heavy atom. The summed E-state index contributed by atoms with van der Waals surface area (Å²) in [5.74, 6) is 2.26. The number of carbonyl (C=O) groups excluding carboxylic acids is 2. The highest BCUT2D eigenvalue weighted by molar-refractivity contribution is 5.91. The summed E-state index contributed by atoms with van der Waals surface area (Å²) in [4.78, 5) is 23.6. The summed E-state index contributed by atoms with van der Waals surface area (Å²) in [7, 11) is 0. The monoisotopic (exact) mass is 690 g/mol. The number of hydrogen-bond acceptors (Lipinski definition) is 10. The van der Waals surface area contributed by atoms with Crippen molar-refractivity contribution in [1.29, 1.82) is 0 Å². The Kier molecular flexibility index (Phi) is 19.8. The van der Waals surface area contributed by atoms with Crippen molar-refractivity contribution in [2.45, 2.75) is 64.2 Å². The molecular weight excluding hydrogens is 640 g/mol. The molecular formula is C40H50O10. The van der Waals surface area contributed by atoms with Gasteiger partial charge in [0.05, 0.1) is 38.3 Å². The van der Waals surface area contributed by atoms with Crippen LogP contribution in [0.15, 0.2) is 98.3 Å². The van der Waals surface area contributed by atoms with Gasteiger partial charge in [-0.1, -0.05) is 38.8 Å². The largest absolute Gasteiger partial charge is 0.494 e. The van der Waals surface area contributed by atoms with Crippen LogP contribution in [-0.4, -0.2) is 52.0 Å². The summed E-state index contributed by atoms with van der Waals surface area (Å²) in [6, 6.07) is 21.0. The maximum atomic E-state index is 12.6. The highest BCUT2D eigenvalue weighted by Crippen LogP contribution is 2.22. The second kappa shape index (κ2) is 25.1. The van der Waals surface area contributed by atoms with Crippen molar-refractivity contribution in [3.05, 3.63) is 104 Å². The van der Waals surface area contributed by atoms with E-state index < -0.39 is 11.9 Å². The van der Waals surface area contributed by atoms with Crippen LogP contribution in [0.5, 0.6) is 28.7 Å². The number of unbranched alkanes of at least 4 members (excludes halogenated alkanes) is 8. The van der Waals surface area contributed by atoms with E-state index in [1.807, 2.05) is 24.3 Å². The molecule has 0 aromatic heterocycles. The molecule has 3 rings (SSSR count). The van der Waals surface area contributed by atoms with Crippen LogP contribution < -0.4 is 23.7 Å². The molecule has 0 aliphatic heterocycles. The van der Waals surface area contributed by atoms with Crippen LogP contribution in [0.1, 0.15) is 74.6 Å². The summed E-state index contributed by atoms with van der Waals surface area (Å²) in [5, 5.41) is 0. The molecule has 0 aliphatic carbocycles. The Morgan fingerprint density at radius 1 is 0.500 bits per heavy atom. The molecule has 0 heterocycles. The van der Waals surface area contributed by atoms with Gasteiger partial charge in [0, 0.05) is 6.08 Å². The maximum absolute atomic E-state index is 12.6. The normalized spacial score (nSPS) is 10.5. The molecule has 0 aliphatic rings. The molecule has 0 spiro atoms. The van der Waals surface area contributed by atoms with Crippen LogP contribution in [-0.2, 0) is 19.0 Å². The van der Waals surface area contributed by atoms with Crippen molar-refractivity contribution >= 4 is 11.9 Å². The van der Waals surface area contributed by atoms with Crippen molar-refractivity contribution in [3.8, 4) is 28.7 Å². The van der Waals surface area contributed by atoms with Gasteiger partial charge in [0.1, 0.15) is 28.7 Å². The van der Waals surface area contributed by atoms with E-state index in [2.05, 4.69) is 13.2 Å². The highest BCUT2D eigenvalue weighted by Gasteiger charge is 2.09. The lowest BCUT2D eigenvalue weighted by atomic mass is 10.1. The number of rotatable bonds is 28. The summed E-state index contributed by atoms with van der Waals surface area (Å²) in [5.41, 5.74) is 0.414. The standard InChI is InChI=1S/C40H50O10/c1-3-39(41)47-30-14-10-9-13-29-45-34-17-15-33(16-18-34)40(42)50-38-25-23-37(24-26-38)49-32-48-36-21-19-35(20-22-36)46-28-12-8-6-5-7-11-27-44-31-43-4-2/h3-4,15-26H,1-2,5-14,27-32H2. The quantitative estimate of drug-likeness (QED) is 0.0183. The predicted octanol–water partition coefficient (Wildman–Crippen LogP) is 8.84. The van der Waals surface area contributed by atoms with Crippen molar-refractivity contribution in [2.24, 2.45) is 0 Å². The van der Waals surface area contributed by atoms with E-state index in [1.165, 1.54) is 19.1 Å². The minimum Gasteiger partial charge on any atom is -0.494 e. The zero-order valence-electron chi connectivity index (χ0n) is 28.9. The topological polar surface area (TPSA) is 108 Å². The summed E-state index contributed by atoms with van der Waals surface area (Å²) >= 11 is 0. The fraction of sp³-hybridized carbons (Fsp3) is 0.400. The van der Waals surface area contributed by atoms with E-state index in [4.69, 9.17) is 37.9 Å². The van der Waals surface area contributed by atoms with Gasteiger partial charge in [-0.3, -0.25) is 0 Å². The van der Waals surface area contributed by atoms with Crippen LogP contribution in [0.2, 0.25) is 0 Å². The third kappa shape index (κ3) is 17.4. The predicted molar refractivity (Wildman–Crippen MR) is 191 cm³/mol. The number of esters is 2. The third-order valence-corrected chi connectivity index (χ3v) is 7.34. The van der Waals surface area contributed by atoms with Crippen LogP contribution in [0.4, 0.5) is 0 Å². The molecule has 0 saturated heterocycles. The second-order valence-corrected chi connectivity index (χ2v) is 11.2. The van der Waals surface area contributed by atoms with Crippen molar-refractivity contribution in [1.82, 2.24) is 0 Å². The fourth-order valence-electron chi connectivity index (χ4n) is 4.59. The molecule has 0 atom stereocenters. The molecule has 10 nitrogen and oxygen atoms in total. The maximum Gasteiger partial charge on any atom is 0.343 e. The van der Waals surface area contributed by atoms with E-state index in [1.54, 1.807) is 48.5 Å². The Morgan fingerprint density at radius 3 is 1.46 bits per heavy atom. The number of hydrogen-bond donors (Lipinski definition) is 0. The first kappa shape index (κ1) is 39.5. The Bertz CT molecular complexity index is 1370. The summed E-state index contributed by atoms with van der Waals surface area (Å²) in [6.45, 7) is 9.50. The van der Waals surface area contributed by atoms with E-state index in [0.29, 0.717) is 55.0 Å². The van der Waals surface area contributed by atoms with Crippen LogP contribution in [0.25, 0.3) is 0 Å². The third-order valence-electron chi connectivity index (χ3n) is 7.34. The molecule has 270 valence electrons. The Labute approximate surface area is 295 Å². The molecule has 0 radical (unpaired) electrons. The lowest BCUT2D eigenvalue weighted by molar-refractivity contribution is -0.137. The first-order valence-electron chi connectivity index (χ1n) is 17.2. The van der Waals surface area contributed by atoms with Crippen LogP contribution in [0.3, 0.4) is 0 Å². The van der Waals surface area contributed by atoms with Gasteiger partial charge in [-0.15, -0.1) is 0 Å². The molecule has 3 aromatic rings. The molecule has 10 heteroatoms. The van der Waals surface area contributed by atoms with Gasteiger partial charge in [-0.2, -0.15) is 0 Å². The van der Waals surface area contributed by atoms with Crippen LogP contribution in [0, 0.1) is 0 Å². The SMILES string of the molecule is C=COCOCCCCCCCCOc1ccc(OCOc2ccc(OC(=O)c3ccc(OCCCCCCOC(=O)C=C)cc3)cc2)cc1. The lowest BCUT2D eigenvalue weighted by Gasteiger charge is -2.11. The first-order valence-corrected chi connectivity index (χ1v) is 17.2. The zero-order valence-corrected chi connectivity index (χ0v) is 28.9.